The van der Waals surface area contributed by atoms with Crippen molar-refractivity contribution in [1.29, 1.82) is 0 Å². The predicted octanol–water partition coefficient (Wildman–Crippen LogP) is 4.15. The minimum Gasteiger partial charge on any atom is -0.314 e. The van der Waals surface area contributed by atoms with Crippen LogP contribution in [-0.4, -0.2) is 12.6 Å². The molecule has 17 heavy (non-hydrogen) atoms. The van der Waals surface area contributed by atoms with Crippen LogP contribution in [0.4, 0.5) is 4.39 Å². The SMILES string of the molecule is CCC(CNC(C)C)Cc1ccc(F)c(Br)c1. The molecule has 1 atom stereocenters. The first-order valence-corrected chi connectivity index (χ1v) is 6.99. The quantitative estimate of drug-likeness (QED) is 0.832. The van der Waals surface area contributed by atoms with E-state index in [2.05, 4.69) is 42.0 Å². The van der Waals surface area contributed by atoms with Gasteiger partial charge in [0.1, 0.15) is 5.82 Å². The van der Waals surface area contributed by atoms with E-state index in [0.29, 0.717) is 16.4 Å². The number of benzene rings is 1. The zero-order chi connectivity index (χ0) is 12.8. The van der Waals surface area contributed by atoms with E-state index in [1.807, 2.05) is 12.1 Å². The number of nitrogens with one attached hydrogen (secondary N) is 1. The van der Waals surface area contributed by atoms with Gasteiger partial charge in [0.25, 0.3) is 0 Å². The van der Waals surface area contributed by atoms with Crippen molar-refractivity contribution in [2.75, 3.05) is 6.54 Å². The fraction of sp³-hybridized carbons (Fsp3) is 0.571. The third kappa shape index (κ3) is 5.17. The van der Waals surface area contributed by atoms with Crippen LogP contribution < -0.4 is 5.32 Å². The van der Waals surface area contributed by atoms with Gasteiger partial charge in [0.05, 0.1) is 4.47 Å². The molecule has 0 saturated heterocycles. The minimum atomic E-state index is -0.192. The van der Waals surface area contributed by atoms with Gasteiger partial charge in [-0.15, -0.1) is 0 Å². The summed E-state index contributed by atoms with van der Waals surface area (Å²) in [4.78, 5) is 0. The van der Waals surface area contributed by atoms with Gasteiger partial charge in [-0.1, -0.05) is 33.3 Å². The average molecular weight is 302 g/mol. The van der Waals surface area contributed by atoms with Crippen molar-refractivity contribution < 1.29 is 4.39 Å². The summed E-state index contributed by atoms with van der Waals surface area (Å²) in [5.74, 6) is 0.414. The molecule has 0 fully saturated rings. The molecule has 0 aromatic heterocycles. The van der Waals surface area contributed by atoms with Crippen molar-refractivity contribution in [1.82, 2.24) is 5.32 Å². The van der Waals surface area contributed by atoms with E-state index in [1.54, 1.807) is 0 Å². The van der Waals surface area contributed by atoms with Gasteiger partial charge >= 0.3 is 0 Å². The van der Waals surface area contributed by atoms with Gasteiger partial charge in [-0.05, 0) is 52.5 Å². The highest BCUT2D eigenvalue weighted by molar-refractivity contribution is 9.10. The standard InChI is InChI=1S/C14H21BrFN/c1-4-11(9-17-10(2)3)7-12-5-6-14(16)13(15)8-12/h5-6,8,10-11,17H,4,7,9H2,1-3H3. The van der Waals surface area contributed by atoms with Crippen LogP contribution in [0.5, 0.6) is 0 Å². The number of hydrogen-bond acceptors (Lipinski definition) is 1. The highest BCUT2D eigenvalue weighted by atomic mass is 79.9. The topological polar surface area (TPSA) is 12.0 Å². The predicted molar refractivity (Wildman–Crippen MR) is 74.7 cm³/mol. The minimum absolute atomic E-state index is 0.192. The largest absolute Gasteiger partial charge is 0.314 e. The van der Waals surface area contributed by atoms with E-state index in [-0.39, 0.29) is 5.82 Å². The van der Waals surface area contributed by atoms with Crippen LogP contribution in [0, 0.1) is 11.7 Å². The monoisotopic (exact) mass is 301 g/mol. The molecule has 96 valence electrons. The zero-order valence-electron chi connectivity index (χ0n) is 10.8. The maximum atomic E-state index is 13.1. The average Bonchev–Trinajstić information content (AvgIpc) is 2.28. The summed E-state index contributed by atoms with van der Waals surface area (Å²) >= 11 is 3.23. The molecule has 1 unspecified atom stereocenters. The van der Waals surface area contributed by atoms with Gasteiger partial charge in [0, 0.05) is 6.04 Å². The number of hydrogen-bond donors (Lipinski definition) is 1. The van der Waals surface area contributed by atoms with Gasteiger partial charge < -0.3 is 5.32 Å². The molecule has 0 aliphatic rings. The second-order valence-electron chi connectivity index (χ2n) is 4.79. The molecule has 0 aliphatic carbocycles. The van der Waals surface area contributed by atoms with Crippen molar-refractivity contribution in [2.45, 2.75) is 39.7 Å². The van der Waals surface area contributed by atoms with Gasteiger partial charge in [0.15, 0.2) is 0 Å². The number of halogens is 2. The van der Waals surface area contributed by atoms with Crippen molar-refractivity contribution in [3.8, 4) is 0 Å². The summed E-state index contributed by atoms with van der Waals surface area (Å²) in [6.45, 7) is 7.52. The molecule has 0 saturated carbocycles. The van der Waals surface area contributed by atoms with Crippen molar-refractivity contribution in [2.24, 2.45) is 5.92 Å². The summed E-state index contributed by atoms with van der Waals surface area (Å²) in [6, 6.07) is 5.80. The van der Waals surface area contributed by atoms with Crippen molar-refractivity contribution in [3.05, 3.63) is 34.1 Å². The third-order valence-corrected chi connectivity index (χ3v) is 3.51. The third-order valence-electron chi connectivity index (χ3n) is 2.90. The Morgan fingerprint density at radius 3 is 2.59 bits per heavy atom. The molecule has 1 aromatic rings. The van der Waals surface area contributed by atoms with Gasteiger partial charge in [-0.3, -0.25) is 0 Å². The van der Waals surface area contributed by atoms with E-state index >= 15 is 0 Å². The molecule has 1 aromatic carbocycles. The normalized spacial score (nSPS) is 13.1. The first kappa shape index (κ1) is 14.7. The second-order valence-corrected chi connectivity index (χ2v) is 5.64. The van der Waals surface area contributed by atoms with Crippen molar-refractivity contribution in [3.63, 3.8) is 0 Å². The Bertz CT molecular complexity index is 352. The summed E-state index contributed by atoms with van der Waals surface area (Å²) in [5, 5.41) is 3.46. The van der Waals surface area contributed by atoms with E-state index in [4.69, 9.17) is 0 Å². The lowest BCUT2D eigenvalue weighted by atomic mass is 9.96. The lowest BCUT2D eigenvalue weighted by Gasteiger charge is -2.18. The fourth-order valence-electron chi connectivity index (χ4n) is 1.76. The molecule has 3 heteroatoms. The smallest absolute Gasteiger partial charge is 0.137 e. The second kappa shape index (κ2) is 7.12. The highest BCUT2D eigenvalue weighted by Gasteiger charge is 2.09. The molecule has 0 heterocycles. The van der Waals surface area contributed by atoms with E-state index in [9.17, 15) is 4.39 Å². The molecule has 0 aliphatic heterocycles. The first-order chi connectivity index (χ1) is 8.02. The molecular formula is C14H21BrFN. The molecule has 0 bridgehead atoms. The molecule has 0 amide bonds. The Balaban J connectivity index is 2.57. The molecule has 1 N–H and O–H groups in total. The van der Waals surface area contributed by atoms with Crippen LogP contribution >= 0.6 is 15.9 Å². The lowest BCUT2D eigenvalue weighted by molar-refractivity contribution is 0.435. The van der Waals surface area contributed by atoms with Crippen LogP contribution in [-0.2, 0) is 6.42 Å². The van der Waals surface area contributed by atoms with Crippen molar-refractivity contribution >= 4 is 15.9 Å². The van der Waals surface area contributed by atoms with Gasteiger partial charge in [0.2, 0.25) is 0 Å². The zero-order valence-corrected chi connectivity index (χ0v) is 12.3. The Kier molecular flexibility index (Phi) is 6.14. The van der Waals surface area contributed by atoms with Crippen LogP contribution in [0.3, 0.4) is 0 Å². The van der Waals surface area contributed by atoms with E-state index in [0.717, 1.165) is 19.4 Å². The van der Waals surface area contributed by atoms with Crippen LogP contribution in [0.2, 0.25) is 0 Å². The molecular weight excluding hydrogens is 281 g/mol. The van der Waals surface area contributed by atoms with Gasteiger partial charge in [-0.25, -0.2) is 4.39 Å². The van der Waals surface area contributed by atoms with Crippen LogP contribution in [0.25, 0.3) is 0 Å². The molecule has 1 nitrogen and oxygen atoms in total. The molecule has 0 spiro atoms. The van der Waals surface area contributed by atoms with E-state index < -0.39 is 0 Å². The van der Waals surface area contributed by atoms with Crippen LogP contribution in [0.15, 0.2) is 22.7 Å². The fourth-order valence-corrected chi connectivity index (χ4v) is 2.19. The maximum absolute atomic E-state index is 13.1. The molecule has 0 radical (unpaired) electrons. The summed E-state index contributed by atoms with van der Waals surface area (Å²) in [6.07, 6.45) is 2.13. The Hall–Kier alpha value is -0.410. The lowest BCUT2D eigenvalue weighted by Crippen LogP contribution is -2.29. The maximum Gasteiger partial charge on any atom is 0.137 e. The van der Waals surface area contributed by atoms with Crippen LogP contribution in [0.1, 0.15) is 32.8 Å². The Morgan fingerprint density at radius 1 is 1.35 bits per heavy atom. The van der Waals surface area contributed by atoms with E-state index in [1.165, 1.54) is 11.6 Å². The Morgan fingerprint density at radius 2 is 2.06 bits per heavy atom. The first-order valence-electron chi connectivity index (χ1n) is 6.20. The summed E-state index contributed by atoms with van der Waals surface area (Å²) in [7, 11) is 0. The Labute approximate surface area is 112 Å². The van der Waals surface area contributed by atoms with Gasteiger partial charge in [-0.2, -0.15) is 0 Å². The highest BCUT2D eigenvalue weighted by Crippen LogP contribution is 2.19. The summed E-state index contributed by atoms with van der Waals surface area (Å²) < 4.78 is 13.7. The summed E-state index contributed by atoms with van der Waals surface area (Å²) in [5.41, 5.74) is 1.19. The number of rotatable bonds is 6. The molecule has 1 rings (SSSR count).